The molecule has 0 radical (unpaired) electrons. The highest BCUT2D eigenvalue weighted by Gasteiger charge is 2.29. The van der Waals surface area contributed by atoms with Gasteiger partial charge in [-0.05, 0) is 50.9 Å². The number of likely N-dealkylation sites (tertiary alicyclic amines) is 1. The fraction of sp³-hybridized carbons (Fsp3) is 0.625. The van der Waals surface area contributed by atoms with Crippen LogP contribution >= 0.6 is 15.9 Å². The van der Waals surface area contributed by atoms with Crippen LogP contribution in [0, 0.1) is 0 Å². The number of hydrogen-bond donors (Lipinski definition) is 1. The molecule has 20 heavy (non-hydrogen) atoms. The third kappa shape index (κ3) is 4.04. The second kappa shape index (κ2) is 7.55. The van der Waals surface area contributed by atoms with Crippen molar-refractivity contribution >= 4 is 15.9 Å². The van der Waals surface area contributed by atoms with Crippen LogP contribution in [0.5, 0.6) is 0 Å². The van der Waals surface area contributed by atoms with Gasteiger partial charge >= 0.3 is 0 Å². The molecule has 0 amide bonds. The van der Waals surface area contributed by atoms with Gasteiger partial charge in [0.05, 0.1) is 6.10 Å². The van der Waals surface area contributed by atoms with Crippen molar-refractivity contribution in [1.29, 1.82) is 0 Å². The first-order chi connectivity index (χ1) is 9.61. The van der Waals surface area contributed by atoms with Gasteiger partial charge in [-0.25, -0.2) is 0 Å². The van der Waals surface area contributed by atoms with Crippen LogP contribution in [0.15, 0.2) is 28.7 Å². The first kappa shape index (κ1) is 16.0. The average Bonchev–Trinajstić information content (AvgIpc) is 2.39. The molecule has 0 spiro atoms. The Labute approximate surface area is 130 Å². The van der Waals surface area contributed by atoms with Crippen LogP contribution in [-0.2, 0) is 4.74 Å². The van der Waals surface area contributed by atoms with Gasteiger partial charge in [0.15, 0.2) is 0 Å². The Hall–Kier alpha value is -0.420. The van der Waals surface area contributed by atoms with Gasteiger partial charge in [-0.3, -0.25) is 4.90 Å². The molecule has 0 bridgehead atoms. The number of ether oxygens (including phenoxy) is 1. The molecular weight excluding hydrogens is 316 g/mol. The summed E-state index contributed by atoms with van der Waals surface area (Å²) in [6.07, 6.45) is 2.69. The lowest BCUT2D eigenvalue weighted by Crippen LogP contribution is -2.46. The van der Waals surface area contributed by atoms with Crippen molar-refractivity contribution in [2.24, 2.45) is 5.73 Å². The minimum atomic E-state index is 0.102. The largest absolute Gasteiger partial charge is 0.377 e. The highest BCUT2D eigenvalue weighted by molar-refractivity contribution is 9.10. The maximum Gasteiger partial charge on any atom is 0.0702 e. The van der Waals surface area contributed by atoms with E-state index in [-0.39, 0.29) is 12.1 Å². The van der Waals surface area contributed by atoms with Crippen molar-refractivity contribution in [3.63, 3.8) is 0 Å². The molecule has 112 valence electrons. The van der Waals surface area contributed by atoms with Crippen LogP contribution < -0.4 is 5.73 Å². The topological polar surface area (TPSA) is 38.5 Å². The summed E-state index contributed by atoms with van der Waals surface area (Å²) in [5, 5.41) is 0. The number of benzene rings is 1. The zero-order valence-electron chi connectivity index (χ0n) is 12.4. The van der Waals surface area contributed by atoms with Gasteiger partial charge in [-0.1, -0.05) is 28.1 Å². The van der Waals surface area contributed by atoms with Crippen molar-refractivity contribution < 1.29 is 4.74 Å². The third-order valence-corrected chi connectivity index (χ3v) is 4.39. The molecule has 3 atom stereocenters. The minimum Gasteiger partial charge on any atom is -0.377 e. The van der Waals surface area contributed by atoms with Gasteiger partial charge in [-0.2, -0.15) is 0 Å². The SMILES string of the molecule is CCOC1CCCN(C(c2cccc(Br)c2)C(C)N)C1. The molecule has 1 heterocycles. The molecule has 2 rings (SSSR count). The molecule has 2 N–H and O–H groups in total. The molecular formula is C16H25BrN2O. The predicted octanol–water partition coefficient (Wildman–Crippen LogP) is 3.34. The van der Waals surface area contributed by atoms with E-state index in [0.717, 1.165) is 30.6 Å². The fourth-order valence-corrected chi connectivity index (χ4v) is 3.54. The Balaban J connectivity index is 2.16. The lowest BCUT2D eigenvalue weighted by molar-refractivity contribution is -0.0106. The summed E-state index contributed by atoms with van der Waals surface area (Å²) in [6, 6.07) is 8.85. The zero-order chi connectivity index (χ0) is 14.5. The second-order valence-electron chi connectivity index (χ2n) is 5.57. The van der Waals surface area contributed by atoms with Crippen LogP contribution in [-0.4, -0.2) is 36.7 Å². The molecule has 1 aliphatic rings. The molecule has 1 aromatic rings. The molecule has 0 saturated carbocycles. The Bertz CT molecular complexity index is 423. The van der Waals surface area contributed by atoms with E-state index < -0.39 is 0 Å². The molecule has 4 heteroatoms. The van der Waals surface area contributed by atoms with Crippen molar-refractivity contribution in [1.82, 2.24) is 4.90 Å². The summed E-state index contributed by atoms with van der Waals surface area (Å²) in [7, 11) is 0. The van der Waals surface area contributed by atoms with Crippen LogP contribution in [0.3, 0.4) is 0 Å². The Morgan fingerprint density at radius 3 is 2.95 bits per heavy atom. The molecule has 1 aliphatic heterocycles. The summed E-state index contributed by atoms with van der Waals surface area (Å²) in [5.74, 6) is 0. The molecule has 3 nitrogen and oxygen atoms in total. The van der Waals surface area contributed by atoms with Gasteiger partial charge in [0.1, 0.15) is 0 Å². The van der Waals surface area contributed by atoms with Crippen molar-refractivity contribution in [2.45, 2.75) is 44.9 Å². The smallest absolute Gasteiger partial charge is 0.0702 e. The summed E-state index contributed by atoms with van der Waals surface area (Å²) in [5.41, 5.74) is 7.56. The predicted molar refractivity (Wildman–Crippen MR) is 86.8 cm³/mol. The number of hydrogen-bond acceptors (Lipinski definition) is 3. The van der Waals surface area contributed by atoms with E-state index in [1.54, 1.807) is 0 Å². The highest BCUT2D eigenvalue weighted by Crippen LogP contribution is 2.29. The van der Waals surface area contributed by atoms with Crippen LogP contribution in [0.25, 0.3) is 0 Å². The molecule has 1 fully saturated rings. The first-order valence-corrected chi connectivity index (χ1v) is 8.27. The summed E-state index contributed by atoms with van der Waals surface area (Å²) in [4.78, 5) is 2.48. The normalized spacial score (nSPS) is 23.5. The van der Waals surface area contributed by atoms with Crippen molar-refractivity contribution in [3.05, 3.63) is 34.3 Å². The first-order valence-electron chi connectivity index (χ1n) is 7.48. The number of piperidine rings is 1. The Morgan fingerprint density at radius 1 is 1.50 bits per heavy atom. The maximum atomic E-state index is 6.27. The van der Waals surface area contributed by atoms with Gasteiger partial charge in [0, 0.05) is 29.7 Å². The van der Waals surface area contributed by atoms with E-state index >= 15 is 0 Å². The number of rotatable bonds is 5. The number of nitrogens with two attached hydrogens (primary N) is 1. The highest BCUT2D eigenvalue weighted by atomic mass is 79.9. The van der Waals surface area contributed by atoms with Gasteiger partial charge in [-0.15, -0.1) is 0 Å². The summed E-state index contributed by atoms with van der Waals surface area (Å²) >= 11 is 3.56. The van der Waals surface area contributed by atoms with Crippen LogP contribution in [0.4, 0.5) is 0 Å². The average molecular weight is 341 g/mol. The van der Waals surface area contributed by atoms with E-state index in [4.69, 9.17) is 10.5 Å². The summed E-state index contributed by atoms with van der Waals surface area (Å²) in [6.45, 7) is 7.03. The van der Waals surface area contributed by atoms with E-state index in [0.29, 0.717) is 6.10 Å². The second-order valence-corrected chi connectivity index (χ2v) is 6.49. The van der Waals surface area contributed by atoms with Gasteiger partial charge in [0.25, 0.3) is 0 Å². The Morgan fingerprint density at radius 2 is 2.30 bits per heavy atom. The number of halogens is 1. The van der Waals surface area contributed by atoms with E-state index in [1.807, 2.05) is 0 Å². The molecule has 0 aromatic heterocycles. The van der Waals surface area contributed by atoms with Gasteiger partial charge < -0.3 is 10.5 Å². The van der Waals surface area contributed by atoms with Crippen LogP contribution in [0.2, 0.25) is 0 Å². The maximum absolute atomic E-state index is 6.27. The minimum absolute atomic E-state index is 0.102. The van der Waals surface area contributed by atoms with Crippen molar-refractivity contribution in [2.75, 3.05) is 19.7 Å². The quantitative estimate of drug-likeness (QED) is 0.893. The van der Waals surface area contributed by atoms with E-state index in [1.165, 1.54) is 12.0 Å². The van der Waals surface area contributed by atoms with E-state index in [2.05, 4.69) is 58.9 Å². The standard InChI is InChI=1S/C16H25BrN2O/c1-3-20-15-8-5-9-19(11-15)16(12(2)18)13-6-4-7-14(17)10-13/h4,6-7,10,12,15-16H,3,5,8-9,11,18H2,1-2H3. The zero-order valence-corrected chi connectivity index (χ0v) is 14.0. The van der Waals surface area contributed by atoms with Crippen molar-refractivity contribution in [3.8, 4) is 0 Å². The Kier molecular flexibility index (Phi) is 6.02. The molecule has 0 aliphatic carbocycles. The molecule has 1 saturated heterocycles. The molecule has 1 aromatic carbocycles. The fourth-order valence-electron chi connectivity index (χ4n) is 3.13. The monoisotopic (exact) mass is 340 g/mol. The van der Waals surface area contributed by atoms with E-state index in [9.17, 15) is 0 Å². The summed E-state index contributed by atoms with van der Waals surface area (Å²) < 4.78 is 6.92. The molecule has 3 unspecified atom stereocenters. The lowest BCUT2D eigenvalue weighted by atomic mass is 9.96. The number of nitrogens with zero attached hydrogens (tertiary/aromatic N) is 1. The van der Waals surface area contributed by atoms with Crippen LogP contribution in [0.1, 0.15) is 38.3 Å². The van der Waals surface area contributed by atoms with Gasteiger partial charge in [0.2, 0.25) is 0 Å². The third-order valence-electron chi connectivity index (χ3n) is 3.89. The lowest BCUT2D eigenvalue weighted by Gasteiger charge is -2.40.